The fraction of sp³-hybridized carbons (Fsp3) is 0.318. The number of thioether (sulfide) groups is 1. The van der Waals surface area contributed by atoms with Gasteiger partial charge in [-0.3, -0.25) is 14.5 Å². The van der Waals surface area contributed by atoms with Gasteiger partial charge in [0.1, 0.15) is 4.32 Å². The van der Waals surface area contributed by atoms with Crippen LogP contribution in [0.5, 0.6) is 0 Å². The molecule has 2 fully saturated rings. The fourth-order valence-electron chi connectivity index (χ4n) is 3.97. The molecule has 1 amide bonds. The van der Waals surface area contributed by atoms with Crippen LogP contribution in [-0.2, 0) is 9.59 Å². The molecule has 0 spiro atoms. The molecule has 0 radical (unpaired) electrons. The maximum atomic E-state index is 13.0. The minimum absolute atomic E-state index is 0.0955. The maximum absolute atomic E-state index is 13.0. The van der Waals surface area contributed by atoms with Gasteiger partial charge in [-0.15, -0.1) is 11.3 Å². The number of aliphatic carboxylic acids is 1. The topological polar surface area (TPSA) is 57.6 Å². The number of carbonyl (C=O) groups excluding carboxylic acids is 1. The minimum atomic E-state index is -0.780. The van der Waals surface area contributed by atoms with E-state index in [2.05, 4.69) is 25.1 Å². The highest BCUT2D eigenvalue weighted by Crippen LogP contribution is 2.40. The van der Waals surface area contributed by atoms with Crippen molar-refractivity contribution in [3.05, 3.63) is 51.7 Å². The lowest BCUT2D eigenvalue weighted by Crippen LogP contribution is -2.42. The fourth-order valence-corrected chi connectivity index (χ4v) is 6.48. The summed E-state index contributed by atoms with van der Waals surface area (Å²) in [5.41, 5.74) is 2.42. The molecule has 0 bridgehead atoms. The van der Waals surface area contributed by atoms with Crippen molar-refractivity contribution in [2.75, 3.05) is 0 Å². The van der Waals surface area contributed by atoms with Crippen LogP contribution in [0.15, 0.2) is 41.3 Å². The Hall–Kier alpha value is -1.96. The van der Waals surface area contributed by atoms with Crippen molar-refractivity contribution in [2.24, 2.45) is 5.92 Å². The summed E-state index contributed by atoms with van der Waals surface area (Å²) < 4.78 is 0.535. The van der Waals surface area contributed by atoms with Crippen molar-refractivity contribution in [3.63, 3.8) is 0 Å². The van der Waals surface area contributed by atoms with Gasteiger partial charge in [-0.25, -0.2) is 0 Å². The first-order valence-electron chi connectivity index (χ1n) is 9.59. The zero-order valence-corrected chi connectivity index (χ0v) is 18.4. The highest BCUT2D eigenvalue weighted by Gasteiger charge is 2.40. The third kappa shape index (κ3) is 4.17. The van der Waals surface area contributed by atoms with Gasteiger partial charge in [0.2, 0.25) is 0 Å². The van der Waals surface area contributed by atoms with Crippen molar-refractivity contribution < 1.29 is 14.7 Å². The first-order chi connectivity index (χ1) is 13.9. The second kappa shape index (κ2) is 8.42. The summed E-state index contributed by atoms with van der Waals surface area (Å²) >= 11 is 8.44. The number of aryl methyl sites for hydroxylation is 1. The van der Waals surface area contributed by atoms with Crippen molar-refractivity contribution in [2.45, 2.75) is 38.6 Å². The lowest BCUT2D eigenvalue weighted by molar-refractivity contribution is -0.144. The molecule has 150 valence electrons. The van der Waals surface area contributed by atoms with Crippen molar-refractivity contribution in [1.29, 1.82) is 0 Å². The largest absolute Gasteiger partial charge is 0.481 e. The van der Waals surface area contributed by atoms with Crippen LogP contribution in [0, 0.1) is 12.8 Å². The smallest absolute Gasteiger partial charge is 0.306 e. The number of nitrogens with zero attached hydrogens (tertiary/aromatic N) is 1. The predicted molar refractivity (Wildman–Crippen MR) is 123 cm³/mol. The number of hydrogen-bond donors (Lipinski definition) is 1. The SMILES string of the molecule is Cc1ccccc1-c1ccc(/C=C2/SC(=S)N(C3CCCC(C(=O)O)C3)C2=O)s1. The normalized spacial score (nSPS) is 23.8. The van der Waals surface area contributed by atoms with Crippen LogP contribution in [0.1, 0.15) is 36.1 Å². The van der Waals surface area contributed by atoms with Crippen LogP contribution < -0.4 is 0 Å². The first kappa shape index (κ1) is 20.3. The Labute approximate surface area is 183 Å². The van der Waals surface area contributed by atoms with Gasteiger partial charge in [0.25, 0.3) is 5.91 Å². The van der Waals surface area contributed by atoms with Gasteiger partial charge in [0, 0.05) is 15.8 Å². The van der Waals surface area contributed by atoms with E-state index >= 15 is 0 Å². The Bertz CT molecular complexity index is 1010. The molecule has 2 atom stereocenters. The number of thiocarbonyl (C=S) groups is 1. The lowest BCUT2D eigenvalue weighted by atomic mass is 9.85. The van der Waals surface area contributed by atoms with E-state index in [-0.39, 0.29) is 11.9 Å². The number of amides is 1. The third-order valence-corrected chi connectivity index (χ3v) is 7.89. The van der Waals surface area contributed by atoms with Gasteiger partial charge >= 0.3 is 5.97 Å². The molecule has 1 N–H and O–H groups in total. The van der Waals surface area contributed by atoms with E-state index in [0.717, 1.165) is 17.7 Å². The highest BCUT2D eigenvalue weighted by molar-refractivity contribution is 8.26. The second-order valence-corrected chi connectivity index (χ2v) is 10.2. The van der Waals surface area contributed by atoms with Crippen LogP contribution in [0.3, 0.4) is 0 Å². The molecule has 1 saturated heterocycles. The second-order valence-electron chi connectivity index (χ2n) is 7.42. The van der Waals surface area contributed by atoms with Gasteiger partial charge in [0.05, 0.1) is 10.8 Å². The molecular weight excluding hydrogens is 422 g/mol. The maximum Gasteiger partial charge on any atom is 0.306 e. The number of hydrogen-bond acceptors (Lipinski definition) is 5. The summed E-state index contributed by atoms with van der Waals surface area (Å²) in [5, 5.41) is 9.34. The van der Waals surface area contributed by atoms with E-state index in [4.69, 9.17) is 12.2 Å². The minimum Gasteiger partial charge on any atom is -0.481 e. The van der Waals surface area contributed by atoms with Crippen LogP contribution in [0.25, 0.3) is 16.5 Å². The van der Waals surface area contributed by atoms with E-state index in [1.165, 1.54) is 27.8 Å². The van der Waals surface area contributed by atoms with E-state index < -0.39 is 11.9 Å². The summed E-state index contributed by atoms with van der Waals surface area (Å²) in [6.07, 6.45) is 4.67. The summed E-state index contributed by atoms with van der Waals surface area (Å²) in [5.74, 6) is -1.27. The highest BCUT2D eigenvalue weighted by atomic mass is 32.2. The van der Waals surface area contributed by atoms with Gasteiger partial charge < -0.3 is 5.11 Å². The van der Waals surface area contributed by atoms with Gasteiger partial charge in [-0.1, -0.05) is 54.7 Å². The average Bonchev–Trinajstić information content (AvgIpc) is 3.27. The molecule has 1 aromatic carbocycles. The van der Waals surface area contributed by atoms with Crippen LogP contribution in [0.4, 0.5) is 0 Å². The summed E-state index contributed by atoms with van der Waals surface area (Å²) in [6, 6.07) is 12.2. The molecule has 2 aliphatic rings. The molecule has 1 aliphatic carbocycles. The quantitative estimate of drug-likeness (QED) is 0.495. The van der Waals surface area contributed by atoms with Gasteiger partial charge in [0.15, 0.2) is 0 Å². The summed E-state index contributed by atoms with van der Waals surface area (Å²) in [4.78, 5) is 28.9. The zero-order valence-electron chi connectivity index (χ0n) is 16.0. The zero-order chi connectivity index (χ0) is 20.5. The Morgan fingerprint density at radius 2 is 2.03 bits per heavy atom. The van der Waals surface area contributed by atoms with Crippen molar-refractivity contribution in [1.82, 2.24) is 4.90 Å². The number of carbonyl (C=O) groups is 2. The Kier molecular flexibility index (Phi) is 5.90. The van der Waals surface area contributed by atoms with E-state index in [0.29, 0.717) is 22.1 Å². The molecule has 4 nitrogen and oxygen atoms in total. The Balaban J connectivity index is 1.54. The summed E-state index contributed by atoms with van der Waals surface area (Å²) in [6.45, 7) is 2.09. The van der Waals surface area contributed by atoms with E-state index in [9.17, 15) is 14.7 Å². The number of carboxylic acids is 1. The molecule has 1 aromatic heterocycles. The van der Waals surface area contributed by atoms with E-state index in [1.54, 1.807) is 16.2 Å². The summed E-state index contributed by atoms with van der Waals surface area (Å²) in [7, 11) is 0. The molecule has 2 heterocycles. The van der Waals surface area contributed by atoms with Crippen molar-refractivity contribution in [3.8, 4) is 10.4 Å². The molecule has 1 aliphatic heterocycles. The van der Waals surface area contributed by atoms with Crippen LogP contribution in [-0.4, -0.2) is 32.2 Å². The number of benzene rings is 1. The molecule has 4 rings (SSSR count). The number of rotatable bonds is 4. The predicted octanol–water partition coefficient (Wildman–Crippen LogP) is 5.57. The molecule has 29 heavy (non-hydrogen) atoms. The standard InChI is InChI=1S/C22H21NO3S3/c1-13-5-2-3-8-17(13)18-10-9-16(28-18)12-19-20(24)23(22(27)29-19)15-7-4-6-14(11-15)21(25)26/h2-3,5,8-10,12,14-15H,4,6-7,11H2,1H3,(H,25,26)/b19-12+. The number of thiophene rings is 1. The molecule has 7 heteroatoms. The van der Waals surface area contributed by atoms with Crippen molar-refractivity contribution >= 4 is 57.6 Å². The third-order valence-electron chi connectivity index (χ3n) is 5.50. The molecule has 1 saturated carbocycles. The van der Waals surface area contributed by atoms with Gasteiger partial charge in [-0.2, -0.15) is 0 Å². The van der Waals surface area contributed by atoms with Gasteiger partial charge in [-0.05, 0) is 55.5 Å². The first-order valence-corrected chi connectivity index (χ1v) is 11.6. The van der Waals surface area contributed by atoms with Crippen LogP contribution >= 0.6 is 35.3 Å². The number of carboxylic acid groups (broad SMARTS) is 1. The Morgan fingerprint density at radius 3 is 2.79 bits per heavy atom. The van der Waals surface area contributed by atoms with Crippen LogP contribution in [0.2, 0.25) is 0 Å². The average molecular weight is 444 g/mol. The molecular formula is C22H21NO3S3. The molecule has 2 unspecified atom stereocenters. The monoisotopic (exact) mass is 443 g/mol. The Morgan fingerprint density at radius 1 is 1.24 bits per heavy atom. The lowest BCUT2D eigenvalue weighted by Gasteiger charge is -2.32. The molecule has 2 aromatic rings. The van der Waals surface area contributed by atoms with E-state index in [1.807, 2.05) is 24.3 Å².